The van der Waals surface area contributed by atoms with Gasteiger partial charge in [0.2, 0.25) is 0 Å². The van der Waals surface area contributed by atoms with Gasteiger partial charge in [0.15, 0.2) is 29.7 Å². The summed E-state index contributed by atoms with van der Waals surface area (Å²) in [6.07, 6.45) is -6.75. The van der Waals surface area contributed by atoms with E-state index in [4.69, 9.17) is 44.5 Å². The smallest absolute Gasteiger partial charge is 0.303 e. The third-order valence-electron chi connectivity index (χ3n) is 4.79. The summed E-state index contributed by atoms with van der Waals surface area (Å²) in [4.78, 5) is 64.6. The molecule has 2 aliphatic heterocycles. The highest BCUT2D eigenvalue weighted by Crippen LogP contribution is 2.45. The van der Waals surface area contributed by atoms with E-state index in [-0.39, 0.29) is 24.1 Å². The summed E-state index contributed by atoms with van der Waals surface area (Å²) in [6, 6.07) is 0. The van der Waals surface area contributed by atoms with Crippen molar-refractivity contribution >= 4 is 65.2 Å². The van der Waals surface area contributed by atoms with E-state index >= 15 is 0 Å². The maximum atomic E-state index is 12.7. The van der Waals surface area contributed by atoms with Gasteiger partial charge in [0.25, 0.3) is 12.5 Å². The number of amides is 1. The van der Waals surface area contributed by atoms with Crippen LogP contribution in [-0.2, 0) is 68.5 Å². The standard InChI is InChI=1S/C21H32N3O12PS2/c1-7-31-37(38,32-8-2)23-24-16(29)10-39-21(24)22-20-19(35-14(6)28)18(34-13(5)27)17(33-12(4)26)15(36-20)9-30-11(3)25/h15,17-20H,7-10H2,1-6H3,(H,23,38)/b22-21-/t15-,17+,18+,19-,20-/m1/s1. The fourth-order valence-corrected chi connectivity index (χ4v) is 6.63. The summed E-state index contributed by atoms with van der Waals surface area (Å²) in [5.41, 5.74) is 0. The van der Waals surface area contributed by atoms with Crippen molar-refractivity contribution in [2.24, 2.45) is 4.99 Å². The second-order valence-electron chi connectivity index (χ2n) is 7.95. The Bertz CT molecular complexity index is 1020. The summed E-state index contributed by atoms with van der Waals surface area (Å²) in [7, 11) is 0. The monoisotopic (exact) mass is 613 g/mol. The van der Waals surface area contributed by atoms with Crippen molar-refractivity contribution in [1.29, 1.82) is 0 Å². The van der Waals surface area contributed by atoms with Crippen LogP contribution >= 0.6 is 18.4 Å². The lowest BCUT2D eigenvalue weighted by molar-refractivity contribution is -0.251. The normalized spacial score (nSPS) is 26.3. The number of thioether (sulfide) groups is 1. The highest BCUT2D eigenvalue weighted by atomic mass is 32.5. The molecule has 2 rings (SSSR count). The van der Waals surface area contributed by atoms with Gasteiger partial charge in [-0.3, -0.25) is 24.0 Å². The van der Waals surface area contributed by atoms with Crippen LogP contribution in [0.25, 0.3) is 0 Å². The first-order valence-electron chi connectivity index (χ1n) is 11.8. The van der Waals surface area contributed by atoms with Crippen LogP contribution in [0, 0.1) is 0 Å². The van der Waals surface area contributed by atoms with Gasteiger partial charge in [-0.05, 0) is 25.7 Å². The predicted molar refractivity (Wildman–Crippen MR) is 139 cm³/mol. The number of carbonyl (C=O) groups is 5. The van der Waals surface area contributed by atoms with Crippen molar-refractivity contribution in [2.45, 2.75) is 72.2 Å². The Morgan fingerprint density at radius 3 is 2.03 bits per heavy atom. The zero-order valence-electron chi connectivity index (χ0n) is 22.3. The number of nitrogens with one attached hydrogen (secondary N) is 1. The molecule has 15 nitrogen and oxygen atoms in total. The number of carbonyl (C=O) groups excluding carboxylic acids is 5. The first kappa shape index (κ1) is 33.1. The number of hydrogen-bond acceptors (Lipinski definition) is 15. The van der Waals surface area contributed by atoms with Gasteiger partial charge in [0.05, 0.1) is 19.0 Å². The number of ether oxygens (including phenoxy) is 5. The van der Waals surface area contributed by atoms with Crippen LogP contribution in [-0.4, -0.2) is 96.2 Å². The van der Waals surface area contributed by atoms with Gasteiger partial charge in [0, 0.05) is 27.7 Å². The molecule has 0 spiro atoms. The topological polar surface area (TPSA) is 178 Å². The van der Waals surface area contributed by atoms with E-state index in [0.29, 0.717) is 0 Å². The summed E-state index contributed by atoms with van der Waals surface area (Å²) in [6.45, 7) is 4.81. The summed E-state index contributed by atoms with van der Waals surface area (Å²) in [5, 5.41) is 3.92. The molecule has 0 aromatic carbocycles. The van der Waals surface area contributed by atoms with Crippen molar-refractivity contribution in [3.63, 3.8) is 0 Å². The van der Waals surface area contributed by atoms with Gasteiger partial charge >= 0.3 is 23.9 Å². The maximum Gasteiger partial charge on any atom is 0.303 e. The van der Waals surface area contributed by atoms with Crippen LogP contribution in [0.5, 0.6) is 0 Å². The Morgan fingerprint density at radius 2 is 1.51 bits per heavy atom. The summed E-state index contributed by atoms with van der Waals surface area (Å²) >= 11 is 6.49. The molecule has 2 saturated heterocycles. The van der Waals surface area contributed by atoms with Gasteiger partial charge in [-0.1, -0.05) is 11.8 Å². The van der Waals surface area contributed by atoms with E-state index in [1.54, 1.807) is 13.8 Å². The Hall–Kier alpha value is -2.14. The number of amidine groups is 1. The molecule has 0 aromatic rings. The molecule has 220 valence electrons. The van der Waals surface area contributed by atoms with Crippen LogP contribution in [0.2, 0.25) is 0 Å². The average molecular weight is 614 g/mol. The average Bonchev–Trinajstić information content (AvgIpc) is 3.14. The molecule has 18 heteroatoms. The minimum absolute atomic E-state index is 0.0231. The van der Waals surface area contributed by atoms with Crippen molar-refractivity contribution in [3.8, 4) is 0 Å². The molecule has 1 amide bonds. The molecule has 0 aliphatic carbocycles. The third-order valence-corrected chi connectivity index (χ3v) is 8.25. The van der Waals surface area contributed by atoms with E-state index in [2.05, 4.69) is 10.2 Å². The van der Waals surface area contributed by atoms with Gasteiger partial charge in [-0.15, -0.1) is 5.20 Å². The third kappa shape index (κ3) is 9.77. The molecule has 1 N–H and O–H groups in total. The lowest BCUT2D eigenvalue weighted by Crippen LogP contribution is -2.62. The maximum absolute atomic E-state index is 12.7. The Morgan fingerprint density at radius 1 is 0.974 bits per heavy atom. The fraction of sp³-hybridized carbons (Fsp3) is 0.714. The molecule has 0 saturated carbocycles. The number of nitrogens with zero attached hydrogens (tertiary/aromatic N) is 2. The molecule has 0 unspecified atom stereocenters. The Labute approximate surface area is 234 Å². The first-order chi connectivity index (χ1) is 18.3. The molecule has 0 bridgehead atoms. The van der Waals surface area contributed by atoms with Gasteiger partial charge in [0.1, 0.15) is 12.7 Å². The number of rotatable bonds is 12. The highest BCUT2D eigenvalue weighted by molar-refractivity contribution is 8.15. The van der Waals surface area contributed by atoms with E-state index in [9.17, 15) is 24.0 Å². The van der Waals surface area contributed by atoms with Gasteiger partial charge in [-0.2, -0.15) is 0 Å². The van der Waals surface area contributed by atoms with Crippen molar-refractivity contribution in [1.82, 2.24) is 10.2 Å². The SMILES string of the molecule is CCOP(=S)(NN1C(=O)CS/C1=N\[C@@H]1O[C@H](COC(C)=O)[C@H](OC(C)=O)[C@H](OC(C)=O)[C@H]1OC(C)=O)OCC. The van der Waals surface area contributed by atoms with Crippen LogP contribution in [0.1, 0.15) is 41.5 Å². The quantitative estimate of drug-likeness (QED) is 0.186. The minimum atomic E-state index is -3.14. The second kappa shape index (κ2) is 15.0. The zero-order chi connectivity index (χ0) is 29.3. The number of aliphatic imine (C=N–C) groups is 1. The Balaban J connectivity index is 2.54. The highest BCUT2D eigenvalue weighted by Gasteiger charge is 2.53. The summed E-state index contributed by atoms with van der Waals surface area (Å²) in [5.74, 6) is -3.41. The van der Waals surface area contributed by atoms with Crippen molar-refractivity contribution < 1.29 is 56.7 Å². The van der Waals surface area contributed by atoms with Crippen LogP contribution in [0.3, 0.4) is 0 Å². The minimum Gasteiger partial charge on any atom is -0.463 e. The molecule has 2 fully saturated rings. The van der Waals surface area contributed by atoms with Gasteiger partial charge < -0.3 is 32.7 Å². The Kier molecular flexibility index (Phi) is 12.7. The van der Waals surface area contributed by atoms with Crippen LogP contribution in [0.15, 0.2) is 4.99 Å². The summed E-state index contributed by atoms with van der Waals surface area (Å²) < 4.78 is 38.3. The molecule has 39 heavy (non-hydrogen) atoms. The van der Waals surface area contributed by atoms with E-state index in [0.717, 1.165) is 44.5 Å². The van der Waals surface area contributed by atoms with Crippen molar-refractivity contribution in [3.05, 3.63) is 0 Å². The molecule has 0 aromatic heterocycles. The molecule has 2 heterocycles. The predicted octanol–water partition coefficient (Wildman–Crippen LogP) is 0.803. The van der Waals surface area contributed by atoms with Crippen molar-refractivity contribution in [2.75, 3.05) is 25.6 Å². The molecule has 5 atom stereocenters. The zero-order valence-corrected chi connectivity index (χ0v) is 24.8. The molecule has 0 radical (unpaired) electrons. The lowest BCUT2D eigenvalue weighted by atomic mass is 9.97. The largest absolute Gasteiger partial charge is 0.463 e. The van der Waals surface area contributed by atoms with Crippen LogP contribution < -0.4 is 5.20 Å². The fourth-order valence-electron chi connectivity index (χ4n) is 3.53. The number of hydrazine groups is 1. The lowest BCUT2D eigenvalue weighted by Gasteiger charge is -2.43. The molecular weight excluding hydrogens is 581 g/mol. The molecule has 2 aliphatic rings. The van der Waals surface area contributed by atoms with E-state index < -0.39 is 73.7 Å². The second-order valence-corrected chi connectivity index (χ2v) is 12.0. The first-order valence-corrected chi connectivity index (χ1v) is 15.4. The van der Waals surface area contributed by atoms with Gasteiger partial charge in [-0.25, -0.2) is 10.0 Å². The van der Waals surface area contributed by atoms with E-state index in [1.807, 2.05) is 0 Å². The van der Waals surface area contributed by atoms with Crippen LogP contribution in [0.4, 0.5) is 0 Å². The number of esters is 4. The molecular formula is C21H32N3O12PS2. The number of hydrogen-bond donors (Lipinski definition) is 1. The van der Waals surface area contributed by atoms with E-state index in [1.165, 1.54) is 0 Å².